The van der Waals surface area contributed by atoms with Gasteiger partial charge in [0.25, 0.3) is 0 Å². The Bertz CT molecular complexity index is 1140. The van der Waals surface area contributed by atoms with E-state index in [1.165, 1.54) is 38.2 Å². The van der Waals surface area contributed by atoms with Gasteiger partial charge in [0.2, 0.25) is 0 Å². The third-order valence-electron chi connectivity index (χ3n) is 5.98. The molecule has 3 rings (SSSR count). The first-order valence-corrected chi connectivity index (χ1v) is 12.2. The van der Waals surface area contributed by atoms with Crippen molar-refractivity contribution < 1.29 is 18.7 Å². The van der Waals surface area contributed by atoms with Gasteiger partial charge in [-0.1, -0.05) is 64.0 Å². The molecule has 6 nitrogen and oxygen atoms in total. The number of rotatable bonds is 13. The molecule has 0 aliphatic heterocycles. The summed E-state index contributed by atoms with van der Waals surface area (Å²) in [6.07, 6.45) is 9.73. The van der Waals surface area contributed by atoms with Crippen LogP contribution in [0.2, 0.25) is 0 Å². The molecule has 0 unspecified atom stereocenters. The van der Waals surface area contributed by atoms with Crippen LogP contribution in [0, 0.1) is 0 Å². The molecule has 0 spiro atoms. The summed E-state index contributed by atoms with van der Waals surface area (Å²) in [5, 5.41) is 0.814. The zero-order valence-electron chi connectivity index (χ0n) is 20.5. The average Bonchev–Trinajstić information content (AvgIpc) is 2.84. The van der Waals surface area contributed by atoms with Crippen molar-refractivity contribution in [3.8, 4) is 11.5 Å². The number of hydrogen-bond donors (Lipinski definition) is 0. The van der Waals surface area contributed by atoms with E-state index in [0.29, 0.717) is 29.2 Å². The van der Waals surface area contributed by atoms with Gasteiger partial charge in [0.15, 0.2) is 11.5 Å². The molecule has 0 aliphatic carbocycles. The Balaban J connectivity index is 1.66. The summed E-state index contributed by atoms with van der Waals surface area (Å²) >= 11 is 0. The normalized spacial score (nSPS) is 10.9. The van der Waals surface area contributed by atoms with E-state index in [0.717, 1.165) is 30.3 Å². The standard InChI is InChI=1S/C28H35NO5/c1-4-5-6-7-8-9-10-11-16-27(30)34-26-19-21(17-18-25(26)32-3)29(2)23-20-28(31)33-24-15-13-12-14-22(23)24/h12-15,17-20H,4-11,16H2,1-3H3. The second kappa shape index (κ2) is 12.8. The van der Waals surface area contributed by atoms with Crippen LogP contribution in [0.4, 0.5) is 11.4 Å². The fraction of sp³-hybridized carbons (Fsp3) is 0.429. The lowest BCUT2D eigenvalue weighted by atomic mass is 10.1. The molecule has 0 amide bonds. The van der Waals surface area contributed by atoms with E-state index < -0.39 is 5.63 Å². The predicted octanol–water partition coefficient (Wildman–Crippen LogP) is 7.01. The van der Waals surface area contributed by atoms with Crippen molar-refractivity contribution in [2.75, 3.05) is 19.1 Å². The summed E-state index contributed by atoms with van der Waals surface area (Å²) < 4.78 is 16.4. The van der Waals surface area contributed by atoms with Crippen LogP contribution in [-0.2, 0) is 4.79 Å². The molecule has 6 heteroatoms. The number of methoxy groups -OCH3 is 1. The van der Waals surface area contributed by atoms with Crippen LogP contribution in [0.1, 0.15) is 64.7 Å². The monoisotopic (exact) mass is 465 g/mol. The maximum atomic E-state index is 12.5. The smallest absolute Gasteiger partial charge is 0.338 e. The Morgan fingerprint density at radius 2 is 1.62 bits per heavy atom. The van der Waals surface area contributed by atoms with Crippen LogP contribution in [-0.4, -0.2) is 20.1 Å². The molecule has 182 valence electrons. The summed E-state index contributed by atoms with van der Waals surface area (Å²) in [4.78, 5) is 26.4. The van der Waals surface area contributed by atoms with E-state index in [-0.39, 0.29) is 5.97 Å². The van der Waals surface area contributed by atoms with Gasteiger partial charge >= 0.3 is 11.6 Å². The molecule has 0 atom stereocenters. The minimum absolute atomic E-state index is 0.269. The van der Waals surface area contributed by atoms with Crippen molar-refractivity contribution in [3.05, 3.63) is 59.0 Å². The summed E-state index contributed by atoms with van der Waals surface area (Å²) in [5.41, 5.74) is 1.55. The van der Waals surface area contributed by atoms with Crippen LogP contribution in [0.15, 0.2) is 57.7 Å². The molecular formula is C28H35NO5. The van der Waals surface area contributed by atoms with Gasteiger partial charge in [0.1, 0.15) is 5.58 Å². The molecule has 0 radical (unpaired) electrons. The summed E-state index contributed by atoms with van der Waals surface area (Å²) in [6.45, 7) is 2.22. The summed E-state index contributed by atoms with van der Waals surface area (Å²) in [5.74, 6) is 0.581. The maximum Gasteiger partial charge on any atom is 0.338 e. The molecule has 1 aromatic heterocycles. The van der Waals surface area contributed by atoms with Gasteiger partial charge in [-0.25, -0.2) is 4.79 Å². The number of unbranched alkanes of at least 4 members (excludes halogenated alkanes) is 7. The van der Waals surface area contributed by atoms with Gasteiger partial charge in [-0.15, -0.1) is 0 Å². The highest BCUT2D eigenvalue weighted by molar-refractivity contribution is 5.92. The lowest BCUT2D eigenvalue weighted by Gasteiger charge is -2.22. The molecule has 2 aromatic carbocycles. The second-order valence-electron chi connectivity index (χ2n) is 8.54. The number of anilines is 2. The zero-order chi connectivity index (χ0) is 24.3. The highest BCUT2D eigenvalue weighted by atomic mass is 16.6. The Labute approximate surface area is 201 Å². The first-order valence-electron chi connectivity index (χ1n) is 12.2. The largest absolute Gasteiger partial charge is 0.493 e. The van der Waals surface area contributed by atoms with E-state index in [1.807, 2.05) is 36.2 Å². The maximum absolute atomic E-state index is 12.5. The summed E-state index contributed by atoms with van der Waals surface area (Å²) in [6, 6.07) is 14.2. The van der Waals surface area contributed by atoms with Gasteiger partial charge < -0.3 is 18.8 Å². The van der Waals surface area contributed by atoms with E-state index in [4.69, 9.17) is 13.9 Å². The minimum Gasteiger partial charge on any atom is -0.493 e. The Morgan fingerprint density at radius 1 is 0.912 bits per heavy atom. The van der Waals surface area contributed by atoms with Crippen LogP contribution in [0.5, 0.6) is 11.5 Å². The number of nitrogens with zero attached hydrogens (tertiary/aromatic N) is 1. The highest BCUT2D eigenvalue weighted by Crippen LogP contribution is 2.36. The third-order valence-corrected chi connectivity index (χ3v) is 5.98. The molecule has 0 aliphatic rings. The van der Waals surface area contributed by atoms with Gasteiger partial charge in [-0.3, -0.25) is 4.79 Å². The minimum atomic E-state index is -0.425. The van der Waals surface area contributed by atoms with Crippen molar-refractivity contribution in [1.82, 2.24) is 0 Å². The number of esters is 1. The predicted molar refractivity (Wildman–Crippen MR) is 136 cm³/mol. The van der Waals surface area contributed by atoms with E-state index in [9.17, 15) is 9.59 Å². The lowest BCUT2D eigenvalue weighted by molar-refractivity contribution is -0.134. The summed E-state index contributed by atoms with van der Waals surface area (Å²) in [7, 11) is 3.40. The Hall–Kier alpha value is -3.28. The van der Waals surface area contributed by atoms with Crippen LogP contribution in [0.25, 0.3) is 11.0 Å². The number of hydrogen-bond acceptors (Lipinski definition) is 6. The van der Waals surface area contributed by atoms with Gasteiger partial charge in [0, 0.05) is 36.7 Å². The Morgan fingerprint density at radius 3 is 2.35 bits per heavy atom. The fourth-order valence-electron chi connectivity index (χ4n) is 4.04. The third kappa shape index (κ3) is 6.86. The van der Waals surface area contributed by atoms with Crippen LogP contribution >= 0.6 is 0 Å². The van der Waals surface area contributed by atoms with Gasteiger partial charge in [-0.05, 0) is 30.7 Å². The number of fused-ring (bicyclic) bond motifs is 1. The topological polar surface area (TPSA) is 69.0 Å². The van der Waals surface area contributed by atoms with Crippen molar-refractivity contribution >= 4 is 28.3 Å². The number of carbonyl (C=O) groups excluding carboxylic acids is 1. The molecule has 1 heterocycles. The number of ether oxygens (including phenoxy) is 2. The van der Waals surface area contributed by atoms with Crippen molar-refractivity contribution in [2.45, 2.75) is 64.7 Å². The highest BCUT2D eigenvalue weighted by Gasteiger charge is 2.16. The first kappa shape index (κ1) is 25.3. The van der Waals surface area contributed by atoms with Crippen molar-refractivity contribution in [2.24, 2.45) is 0 Å². The number of para-hydroxylation sites is 1. The fourth-order valence-corrected chi connectivity index (χ4v) is 4.04. The SMILES string of the molecule is CCCCCCCCCCC(=O)Oc1cc(N(C)c2cc(=O)oc3ccccc23)ccc1OC. The van der Waals surface area contributed by atoms with Gasteiger partial charge in [-0.2, -0.15) is 0 Å². The Kier molecular flexibility index (Phi) is 9.56. The van der Waals surface area contributed by atoms with E-state index in [2.05, 4.69) is 6.92 Å². The first-order chi connectivity index (χ1) is 16.5. The second-order valence-corrected chi connectivity index (χ2v) is 8.54. The lowest BCUT2D eigenvalue weighted by Crippen LogP contribution is -2.14. The van der Waals surface area contributed by atoms with E-state index >= 15 is 0 Å². The van der Waals surface area contributed by atoms with Crippen LogP contribution in [0.3, 0.4) is 0 Å². The number of benzene rings is 2. The van der Waals surface area contributed by atoms with Crippen molar-refractivity contribution in [1.29, 1.82) is 0 Å². The average molecular weight is 466 g/mol. The molecule has 0 N–H and O–H groups in total. The van der Waals surface area contributed by atoms with Crippen molar-refractivity contribution in [3.63, 3.8) is 0 Å². The molecular weight excluding hydrogens is 430 g/mol. The molecule has 3 aromatic rings. The van der Waals surface area contributed by atoms with Crippen LogP contribution < -0.4 is 20.0 Å². The molecule has 0 saturated carbocycles. The van der Waals surface area contributed by atoms with E-state index in [1.54, 1.807) is 25.3 Å². The quantitative estimate of drug-likeness (QED) is 0.117. The molecule has 0 fully saturated rings. The molecule has 34 heavy (non-hydrogen) atoms. The molecule has 0 bridgehead atoms. The number of carbonyl (C=O) groups is 1. The van der Waals surface area contributed by atoms with Gasteiger partial charge in [0.05, 0.1) is 12.8 Å². The zero-order valence-corrected chi connectivity index (χ0v) is 20.5. The molecule has 0 saturated heterocycles.